The molecule has 2 amide bonds. The summed E-state index contributed by atoms with van der Waals surface area (Å²) in [5.74, 6) is 4.40. The van der Waals surface area contributed by atoms with E-state index >= 15 is 0 Å². The number of hydrazone groups is 1. The van der Waals surface area contributed by atoms with Gasteiger partial charge in [0.2, 0.25) is 0 Å². The molecule has 0 aromatic carbocycles. The Balaban J connectivity index is 4.89. The molecule has 0 aromatic heterocycles. The Hall–Kier alpha value is -2.19. The molecule has 9 heteroatoms. The van der Waals surface area contributed by atoms with Crippen LogP contribution in [0.1, 0.15) is 0 Å². The molecule has 0 unspecified atom stereocenters. The second-order valence-corrected chi connectivity index (χ2v) is 1.58. The van der Waals surface area contributed by atoms with Crippen LogP contribution >= 0.6 is 0 Å². The number of carbonyl (C=O) groups is 1. The number of hydrogen-bond donors (Lipinski definition) is 2. The zero-order valence-electron chi connectivity index (χ0n) is 6.88. The molecule has 0 bridgehead atoms. The molecule has 0 saturated carbocycles. The number of guanidine groups is 1. The molecular formula is C4H8N8O. The summed E-state index contributed by atoms with van der Waals surface area (Å²) in [5, 5.41) is 13.0. The van der Waals surface area contributed by atoms with E-state index < -0.39 is 12.0 Å². The van der Waals surface area contributed by atoms with E-state index in [4.69, 9.17) is 11.4 Å². The Kier molecular flexibility index (Phi) is 4.54. The summed E-state index contributed by atoms with van der Waals surface area (Å²) in [4.78, 5) is 14.0. The monoisotopic (exact) mass is 184 g/mol. The minimum atomic E-state index is -0.870. The highest BCUT2D eigenvalue weighted by Crippen LogP contribution is 1.98. The van der Waals surface area contributed by atoms with Crippen LogP contribution in [-0.2, 0) is 0 Å². The molecule has 3 N–H and O–H groups in total. The minimum Gasteiger partial charge on any atom is -0.320 e. The molecule has 0 fully saturated rings. The first-order chi connectivity index (χ1) is 6.21. The highest BCUT2D eigenvalue weighted by Gasteiger charge is 2.17. The number of carbonyl (C=O) groups excluding carboxylic acids is 1. The number of hydrogen-bond acceptors (Lipinski definition) is 6. The summed E-state index contributed by atoms with van der Waals surface area (Å²) in [7, 11) is 1.32. The van der Waals surface area contributed by atoms with Crippen LogP contribution in [0.15, 0.2) is 25.5 Å². The average molecular weight is 184 g/mol. The van der Waals surface area contributed by atoms with Gasteiger partial charge in [0.15, 0.2) is 0 Å². The van der Waals surface area contributed by atoms with Crippen LogP contribution in [0.3, 0.4) is 0 Å². The minimum absolute atomic E-state index is 0.428. The molecule has 70 valence electrons. The summed E-state index contributed by atoms with van der Waals surface area (Å²) in [5.41, 5.74) is 6.59. The number of urea groups is 1. The lowest BCUT2D eigenvalue weighted by Crippen LogP contribution is -2.28. The van der Waals surface area contributed by atoms with Crippen molar-refractivity contribution in [3.63, 3.8) is 0 Å². The number of aliphatic imine (C=N–C) groups is 1. The Labute approximate surface area is 73.5 Å². The molecule has 0 heterocycles. The lowest BCUT2D eigenvalue weighted by Gasteiger charge is -2.07. The first-order valence-corrected chi connectivity index (χ1v) is 2.97. The van der Waals surface area contributed by atoms with E-state index in [0.29, 0.717) is 5.01 Å². The fraction of sp³-hybridized carbons (Fsp3) is 0.250. The number of rotatable bonds is 1. The van der Waals surface area contributed by atoms with Crippen LogP contribution in [0.5, 0.6) is 0 Å². The van der Waals surface area contributed by atoms with Gasteiger partial charge in [0.05, 0.1) is 7.05 Å². The van der Waals surface area contributed by atoms with Gasteiger partial charge in [-0.2, -0.15) is 5.11 Å². The topological polar surface area (TPSA) is 132 Å². The predicted molar refractivity (Wildman–Crippen MR) is 44.3 cm³/mol. The maximum Gasteiger partial charge on any atom is 0.372 e. The number of amides is 2. The van der Waals surface area contributed by atoms with E-state index in [0.717, 1.165) is 0 Å². The van der Waals surface area contributed by atoms with Gasteiger partial charge in [-0.15, -0.1) is 15.2 Å². The van der Waals surface area contributed by atoms with Crippen LogP contribution < -0.4 is 5.84 Å². The Bertz CT molecular complexity index is 267. The van der Waals surface area contributed by atoms with Gasteiger partial charge >= 0.3 is 6.03 Å². The van der Waals surface area contributed by atoms with Gasteiger partial charge in [-0.05, 0) is 6.72 Å². The molecule has 9 nitrogen and oxygen atoms in total. The van der Waals surface area contributed by atoms with Crippen molar-refractivity contribution in [2.45, 2.75) is 0 Å². The Morgan fingerprint density at radius 2 is 2.23 bits per heavy atom. The van der Waals surface area contributed by atoms with Gasteiger partial charge in [-0.25, -0.2) is 15.3 Å². The van der Waals surface area contributed by atoms with Gasteiger partial charge in [0.1, 0.15) is 0 Å². The summed E-state index contributed by atoms with van der Waals surface area (Å²) < 4.78 is 0. The van der Waals surface area contributed by atoms with Crippen molar-refractivity contribution in [3.8, 4) is 0 Å². The van der Waals surface area contributed by atoms with Crippen molar-refractivity contribution in [2.75, 3.05) is 7.05 Å². The summed E-state index contributed by atoms with van der Waals surface area (Å²) >= 11 is 0. The van der Waals surface area contributed by atoms with Gasteiger partial charge in [0.25, 0.3) is 5.96 Å². The Morgan fingerprint density at radius 3 is 2.54 bits per heavy atom. The number of nitrogens with two attached hydrogens (primary N) is 1. The number of nitrogens with one attached hydrogen (secondary N) is 1. The third kappa shape index (κ3) is 2.73. The quantitative estimate of drug-likeness (QED) is 0.200. The fourth-order valence-corrected chi connectivity index (χ4v) is 0.451. The van der Waals surface area contributed by atoms with Gasteiger partial charge in [-0.1, -0.05) is 5.22 Å². The van der Waals surface area contributed by atoms with Crippen molar-refractivity contribution in [3.05, 3.63) is 0 Å². The molecule has 0 radical (unpaired) electrons. The van der Waals surface area contributed by atoms with Crippen molar-refractivity contribution >= 4 is 18.7 Å². The van der Waals surface area contributed by atoms with Crippen LogP contribution in [0.25, 0.3) is 0 Å². The van der Waals surface area contributed by atoms with Crippen molar-refractivity contribution in [1.29, 1.82) is 5.53 Å². The van der Waals surface area contributed by atoms with Crippen LogP contribution in [0.4, 0.5) is 4.79 Å². The average Bonchev–Trinajstić information content (AvgIpc) is 2.17. The predicted octanol–water partition coefficient (Wildman–Crippen LogP) is 0.367. The molecule has 0 rings (SSSR count). The van der Waals surface area contributed by atoms with Crippen LogP contribution in [0.2, 0.25) is 0 Å². The zero-order valence-corrected chi connectivity index (χ0v) is 6.88. The molecule has 0 aliphatic rings. The molecule has 0 saturated heterocycles. The van der Waals surface area contributed by atoms with E-state index in [9.17, 15) is 4.79 Å². The van der Waals surface area contributed by atoms with E-state index in [1.54, 1.807) is 0 Å². The maximum absolute atomic E-state index is 10.9. The molecule has 0 aliphatic heterocycles. The van der Waals surface area contributed by atoms with Gasteiger partial charge < -0.3 is 5.84 Å². The Morgan fingerprint density at radius 1 is 1.62 bits per heavy atom. The molecule has 0 atom stereocenters. The van der Waals surface area contributed by atoms with Crippen LogP contribution in [-0.4, -0.2) is 30.8 Å². The molecular weight excluding hydrogens is 176 g/mol. The highest BCUT2D eigenvalue weighted by molar-refractivity contribution is 5.97. The van der Waals surface area contributed by atoms with E-state index in [-0.39, 0.29) is 0 Å². The van der Waals surface area contributed by atoms with Gasteiger partial charge in [0, 0.05) is 0 Å². The fourth-order valence-electron chi connectivity index (χ4n) is 0.451. The largest absolute Gasteiger partial charge is 0.372 e. The first-order valence-electron chi connectivity index (χ1n) is 2.97. The van der Waals surface area contributed by atoms with Gasteiger partial charge in [-0.3, -0.25) is 0 Å². The smallest absolute Gasteiger partial charge is 0.320 e. The summed E-state index contributed by atoms with van der Waals surface area (Å²) in [6, 6.07) is -0.870. The summed E-state index contributed by atoms with van der Waals surface area (Å²) in [6.45, 7) is 2.97. The lowest BCUT2D eigenvalue weighted by molar-refractivity contribution is 0.229. The lowest BCUT2D eigenvalue weighted by atomic mass is 10.8. The molecule has 0 aliphatic carbocycles. The van der Waals surface area contributed by atoms with E-state index in [2.05, 4.69) is 32.3 Å². The molecule has 13 heavy (non-hydrogen) atoms. The number of nitrogens with zero attached hydrogens (tertiary/aromatic N) is 6. The SMILES string of the molecule is C=NC(=O)N(/N=N\C)/C(N=N)=N\N. The first kappa shape index (κ1) is 10.8. The van der Waals surface area contributed by atoms with Crippen molar-refractivity contribution in [1.82, 2.24) is 5.01 Å². The molecule has 0 aromatic rings. The second-order valence-electron chi connectivity index (χ2n) is 1.58. The zero-order chi connectivity index (χ0) is 10.3. The van der Waals surface area contributed by atoms with E-state index in [1.165, 1.54) is 7.05 Å². The molecule has 0 spiro atoms. The third-order valence-corrected chi connectivity index (χ3v) is 0.900. The summed E-state index contributed by atoms with van der Waals surface area (Å²) in [6.07, 6.45) is 0. The van der Waals surface area contributed by atoms with Crippen LogP contribution in [0, 0.1) is 5.53 Å². The normalized spacial score (nSPS) is 11.3. The second kappa shape index (κ2) is 5.46. The third-order valence-electron chi connectivity index (χ3n) is 0.900. The maximum atomic E-state index is 10.9. The van der Waals surface area contributed by atoms with Crippen molar-refractivity contribution < 1.29 is 4.79 Å². The standard InChI is InChI=1S/C4H8N8O/c1-7-4(13)12(11-8-2)3(9-5)10-6/h5H,1,6H2,2H3/b9-5?,10-3-,11-8-. The highest BCUT2D eigenvalue weighted by atomic mass is 16.2. The van der Waals surface area contributed by atoms with E-state index in [1.807, 2.05) is 0 Å². The van der Waals surface area contributed by atoms with Crippen molar-refractivity contribution in [2.24, 2.45) is 31.4 Å².